The minimum atomic E-state index is -0.781. The van der Waals surface area contributed by atoms with E-state index < -0.39 is 6.04 Å². The van der Waals surface area contributed by atoms with E-state index in [1.807, 2.05) is 81.4 Å². The SMILES string of the molecule is Cc1ccc(-n2nc(C)c3c2NC(=O)C(NC(=O)c2ccccc2)C3c2cccc(C)c2)cc1. The lowest BCUT2D eigenvalue weighted by Gasteiger charge is -2.33. The molecule has 1 aliphatic heterocycles. The van der Waals surface area contributed by atoms with Crippen LogP contribution >= 0.6 is 0 Å². The summed E-state index contributed by atoms with van der Waals surface area (Å²) in [5.74, 6) is -0.291. The van der Waals surface area contributed by atoms with Gasteiger partial charge in [-0.1, -0.05) is 65.7 Å². The van der Waals surface area contributed by atoms with Crippen LogP contribution in [0.5, 0.6) is 0 Å². The maximum Gasteiger partial charge on any atom is 0.251 e. The number of hydrogen-bond acceptors (Lipinski definition) is 3. The van der Waals surface area contributed by atoms with Crippen LogP contribution < -0.4 is 10.6 Å². The molecule has 1 aliphatic rings. The molecular weight excluding hydrogens is 424 g/mol. The van der Waals surface area contributed by atoms with Crippen molar-refractivity contribution in [3.8, 4) is 5.69 Å². The molecule has 34 heavy (non-hydrogen) atoms. The van der Waals surface area contributed by atoms with Gasteiger partial charge in [-0.25, -0.2) is 4.68 Å². The summed E-state index contributed by atoms with van der Waals surface area (Å²) in [4.78, 5) is 26.5. The van der Waals surface area contributed by atoms with Crippen molar-refractivity contribution >= 4 is 17.6 Å². The molecule has 0 radical (unpaired) electrons. The topological polar surface area (TPSA) is 76.0 Å². The van der Waals surface area contributed by atoms with Gasteiger partial charge < -0.3 is 10.6 Å². The van der Waals surface area contributed by atoms with Crippen LogP contribution in [-0.2, 0) is 4.79 Å². The van der Waals surface area contributed by atoms with Gasteiger partial charge in [0.05, 0.1) is 11.4 Å². The van der Waals surface area contributed by atoms with E-state index in [1.165, 1.54) is 0 Å². The van der Waals surface area contributed by atoms with E-state index in [1.54, 1.807) is 16.8 Å². The predicted octanol–water partition coefficient (Wildman–Crippen LogP) is 4.68. The van der Waals surface area contributed by atoms with Crippen LogP contribution in [0, 0.1) is 20.8 Å². The molecule has 2 heterocycles. The van der Waals surface area contributed by atoms with Crippen LogP contribution in [0.15, 0.2) is 78.9 Å². The summed E-state index contributed by atoms with van der Waals surface area (Å²) in [7, 11) is 0. The second kappa shape index (κ2) is 8.63. The second-order valence-electron chi connectivity index (χ2n) is 8.79. The zero-order chi connectivity index (χ0) is 23.8. The smallest absolute Gasteiger partial charge is 0.251 e. The van der Waals surface area contributed by atoms with Crippen molar-refractivity contribution in [1.29, 1.82) is 0 Å². The molecule has 0 aliphatic carbocycles. The highest BCUT2D eigenvalue weighted by Gasteiger charge is 2.41. The number of aromatic nitrogens is 2. The Hall–Kier alpha value is -4.19. The standard InChI is InChI=1S/C28H26N4O2/c1-17-12-14-22(15-13-17)32-26-23(19(3)31-32)24(21-11-7-8-18(2)16-21)25(28(34)30-26)29-27(33)20-9-5-4-6-10-20/h4-16,24-25H,1-3H3,(H,29,33)(H,30,34). The second-order valence-corrected chi connectivity index (χ2v) is 8.79. The van der Waals surface area contributed by atoms with Gasteiger partial charge in [-0.2, -0.15) is 5.10 Å². The largest absolute Gasteiger partial charge is 0.339 e. The van der Waals surface area contributed by atoms with Crippen molar-refractivity contribution < 1.29 is 9.59 Å². The Kier molecular flexibility index (Phi) is 5.49. The maximum absolute atomic E-state index is 13.5. The molecule has 0 bridgehead atoms. The van der Waals surface area contributed by atoms with E-state index in [2.05, 4.69) is 16.7 Å². The molecule has 170 valence electrons. The molecule has 0 spiro atoms. The minimum Gasteiger partial charge on any atom is -0.339 e. The Morgan fingerprint density at radius 3 is 2.35 bits per heavy atom. The van der Waals surface area contributed by atoms with Crippen molar-refractivity contribution in [2.75, 3.05) is 5.32 Å². The highest BCUT2D eigenvalue weighted by atomic mass is 16.2. The number of fused-ring (bicyclic) bond motifs is 1. The molecule has 0 fully saturated rings. The van der Waals surface area contributed by atoms with E-state index in [9.17, 15) is 9.59 Å². The number of anilines is 1. The average molecular weight is 451 g/mol. The van der Waals surface area contributed by atoms with Crippen LogP contribution in [0.25, 0.3) is 5.69 Å². The van der Waals surface area contributed by atoms with Crippen LogP contribution in [0.4, 0.5) is 5.82 Å². The fourth-order valence-corrected chi connectivity index (χ4v) is 4.60. The van der Waals surface area contributed by atoms with E-state index in [0.717, 1.165) is 33.6 Å². The van der Waals surface area contributed by atoms with Gasteiger partial charge in [0, 0.05) is 17.0 Å². The fourth-order valence-electron chi connectivity index (χ4n) is 4.60. The number of carbonyl (C=O) groups excluding carboxylic acids is 2. The fraction of sp³-hybridized carbons (Fsp3) is 0.179. The third-order valence-corrected chi connectivity index (χ3v) is 6.28. The molecule has 4 aromatic rings. The van der Waals surface area contributed by atoms with E-state index in [-0.39, 0.29) is 17.7 Å². The average Bonchev–Trinajstić information content (AvgIpc) is 3.16. The summed E-state index contributed by atoms with van der Waals surface area (Å²) in [6, 6.07) is 24.2. The molecule has 0 saturated heterocycles. The number of amides is 2. The molecule has 0 saturated carbocycles. The van der Waals surface area contributed by atoms with Crippen molar-refractivity contribution in [2.24, 2.45) is 0 Å². The highest BCUT2D eigenvalue weighted by molar-refractivity contribution is 6.04. The zero-order valence-corrected chi connectivity index (χ0v) is 19.4. The first-order valence-electron chi connectivity index (χ1n) is 11.3. The Labute approximate surface area is 198 Å². The Balaban J connectivity index is 1.63. The molecule has 2 amide bonds. The summed E-state index contributed by atoms with van der Waals surface area (Å²) in [6.45, 7) is 6.00. The maximum atomic E-state index is 13.5. The molecule has 6 nitrogen and oxygen atoms in total. The minimum absolute atomic E-state index is 0.267. The Bertz CT molecular complexity index is 1370. The number of aryl methyl sites for hydroxylation is 3. The van der Waals surface area contributed by atoms with Crippen molar-refractivity contribution in [3.63, 3.8) is 0 Å². The highest BCUT2D eigenvalue weighted by Crippen LogP contribution is 2.40. The molecule has 2 atom stereocenters. The number of rotatable bonds is 4. The molecule has 3 aromatic carbocycles. The van der Waals surface area contributed by atoms with Gasteiger partial charge in [-0.05, 0) is 50.6 Å². The Morgan fingerprint density at radius 2 is 1.65 bits per heavy atom. The Morgan fingerprint density at radius 1 is 0.912 bits per heavy atom. The molecule has 5 rings (SSSR count). The van der Waals surface area contributed by atoms with Gasteiger partial charge in [0.15, 0.2) is 0 Å². The lowest BCUT2D eigenvalue weighted by atomic mass is 9.81. The van der Waals surface area contributed by atoms with Gasteiger partial charge in [0.25, 0.3) is 5.91 Å². The van der Waals surface area contributed by atoms with E-state index in [4.69, 9.17) is 5.10 Å². The first kappa shape index (κ1) is 21.6. The molecular formula is C28H26N4O2. The summed E-state index contributed by atoms with van der Waals surface area (Å²) in [5, 5.41) is 10.8. The summed E-state index contributed by atoms with van der Waals surface area (Å²) < 4.78 is 1.78. The van der Waals surface area contributed by atoms with Crippen molar-refractivity contribution in [3.05, 3.63) is 112 Å². The van der Waals surface area contributed by atoms with Gasteiger partial charge >= 0.3 is 0 Å². The van der Waals surface area contributed by atoms with Gasteiger partial charge in [-0.3, -0.25) is 9.59 Å². The quantitative estimate of drug-likeness (QED) is 0.474. The first-order valence-corrected chi connectivity index (χ1v) is 11.3. The normalized spacial score (nSPS) is 17.1. The lowest BCUT2D eigenvalue weighted by Crippen LogP contribution is -2.50. The molecule has 2 N–H and O–H groups in total. The molecule has 2 unspecified atom stereocenters. The number of benzene rings is 3. The summed E-state index contributed by atoms with van der Waals surface area (Å²) in [6.07, 6.45) is 0. The monoisotopic (exact) mass is 450 g/mol. The first-order chi connectivity index (χ1) is 16.4. The van der Waals surface area contributed by atoms with Crippen LogP contribution in [-0.4, -0.2) is 27.6 Å². The lowest BCUT2D eigenvalue weighted by molar-refractivity contribution is -0.118. The van der Waals surface area contributed by atoms with Crippen LogP contribution in [0.3, 0.4) is 0 Å². The van der Waals surface area contributed by atoms with Gasteiger partial charge in [0.1, 0.15) is 11.9 Å². The van der Waals surface area contributed by atoms with Crippen molar-refractivity contribution in [1.82, 2.24) is 15.1 Å². The number of carbonyl (C=O) groups is 2. The van der Waals surface area contributed by atoms with Gasteiger partial charge in [0.2, 0.25) is 5.91 Å². The third-order valence-electron chi connectivity index (χ3n) is 6.28. The number of hydrogen-bond donors (Lipinski definition) is 2. The molecule has 1 aromatic heterocycles. The van der Waals surface area contributed by atoms with Crippen LogP contribution in [0.2, 0.25) is 0 Å². The number of nitrogens with zero attached hydrogens (tertiary/aromatic N) is 2. The predicted molar refractivity (Wildman–Crippen MR) is 132 cm³/mol. The van der Waals surface area contributed by atoms with Crippen molar-refractivity contribution in [2.45, 2.75) is 32.7 Å². The third kappa shape index (κ3) is 3.88. The van der Waals surface area contributed by atoms with E-state index in [0.29, 0.717) is 11.4 Å². The zero-order valence-electron chi connectivity index (χ0n) is 19.4. The summed E-state index contributed by atoms with van der Waals surface area (Å²) >= 11 is 0. The molecule has 6 heteroatoms. The summed E-state index contributed by atoms with van der Waals surface area (Å²) in [5.41, 5.74) is 6.28. The number of nitrogens with one attached hydrogen (secondary N) is 2. The van der Waals surface area contributed by atoms with Gasteiger partial charge in [-0.15, -0.1) is 0 Å². The van der Waals surface area contributed by atoms with E-state index >= 15 is 0 Å². The van der Waals surface area contributed by atoms with Crippen LogP contribution in [0.1, 0.15) is 44.2 Å².